The van der Waals surface area contributed by atoms with Crippen LogP contribution in [0.1, 0.15) is 33.2 Å². The molecule has 0 saturated heterocycles. The van der Waals surface area contributed by atoms with Gasteiger partial charge in [-0.15, -0.1) is 0 Å². The molecular formula is C22H16ClN3O3. The number of H-pyrrole nitrogens is 1. The maximum absolute atomic E-state index is 13.1. The second-order valence-electron chi connectivity index (χ2n) is 7.05. The zero-order valence-corrected chi connectivity index (χ0v) is 16.0. The molecule has 4 aromatic rings. The van der Waals surface area contributed by atoms with Gasteiger partial charge in [0.2, 0.25) is 0 Å². The van der Waals surface area contributed by atoms with Gasteiger partial charge in [0.05, 0.1) is 11.6 Å². The summed E-state index contributed by atoms with van der Waals surface area (Å²) in [6, 6.07) is 16.5. The number of nitrogens with one attached hydrogen (secondary N) is 1. The summed E-state index contributed by atoms with van der Waals surface area (Å²) >= 11 is 6.12. The van der Waals surface area contributed by atoms with Gasteiger partial charge in [0.15, 0.2) is 5.58 Å². The molecule has 1 amide bonds. The number of nitrogens with zero attached hydrogens (tertiary/aromatic N) is 2. The van der Waals surface area contributed by atoms with E-state index in [-0.39, 0.29) is 11.9 Å². The normalized spacial score (nSPS) is 15.8. The van der Waals surface area contributed by atoms with Gasteiger partial charge in [-0.05, 0) is 41.5 Å². The SMILES string of the molecule is O=C1c2ccccc2C(Cc2cc(Cl)ccn2)N1Cc1ccc2[nH]c(=O)oc2c1. The molecule has 144 valence electrons. The van der Waals surface area contributed by atoms with Crippen molar-refractivity contribution < 1.29 is 9.21 Å². The predicted octanol–water partition coefficient (Wildman–Crippen LogP) is 4.11. The molecule has 0 spiro atoms. The van der Waals surface area contributed by atoms with Crippen molar-refractivity contribution in [1.29, 1.82) is 0 Å². The smallest absolute Gasteiger partial charge is 0.408 e. The summed E-state index contributed by atoms with van der Waals surface area (Å²) < 4.78 is 5.16. The Morgan fingerprint density at radius 3 is 2.83 bits per heavy atom. The van der Waals surface area contributed by atoms with Crippen molar-refractivity contribution in [2.24, 2.45) is 0 Å². The Kier molecular flexibility index (Phi) is 4.21. The molecule has 0 bridgehead atoms. The van der Waals surface area contributed by atoms with Gasteiger partial charge in [-0.3, -0.25) is 14.8 Å². The number of rotatable bonds is 4. The maximum Gasteiger partial charge on any atom is 0.417 e. The highest BCUT2D eigenvalue weighted by Crippen LogP contribution is 2.37. The third-order valence-electron chi connectivity index (χ3n) is 5.21. The number of oxazole rings is 1. The zero-order valence-electron chi connectivity index (χ0n) is 15.3. The van der Waals surface area contributed by atoms with Crippen LogP contribution in [0.3, 0.4) is 0 Å². The van der Waals surface area contributed by atoms with Gasteiger partial charge < -0.3 is 9.32 Å². The standard InChI is InChI=1S/C22H16ClN3O3/c23-14-7-8-24-15(10-14)11-19-16-3-1-2-4-17(16)21(27)26(19)12-13-5-6-18-20(9-13)29-22(28)25-18/h1-10,19H,11-12H2,(H,25,28). The first-order valence-corrected chi connectivity index (χ1v) is 9.58. The minimum atomic E-state index is -0.494. The minimum Gasteiger partial charge on any atom is -0.408 e. The Balaban J connectivity index is 1.51. The minimum absolute atomic E-state index is 0.0248. The highest BCUT2D eigenvalue weighted by molar-refractivity contribution is 6.30. The van der Waals surface area contributed by atoms with Crippen LogP contribution in [0.4, 0.5) is 0 Å². The Morgan fingerprint density at radius 2 is 1.97 bits per heavy atom. The average Bonchev–Trinajstić information content (AvgIpc) is 3.20. The first-order chi connectivity index (χ1) is 14.1. The molecule has 1 aliphatic rings. The number of halogens is 1. The van der Waals surface area contributed by atoms with E-state index in [0.29, 0.717) is 34.7 Å². The number of aromatic amines is 1. The van der Waals surface area contributed by atoms with E-state index >= 15 is 0 Å². The molecule has 1 N–H and O–H groups in total. The van der Waals surface area contributed by atoms with Gasteiger partial charge in [-0.25, -0.2) is 4.79 Å². The third kappa shape index (κ3) is 3.21. The summed E-state index contributed by atoms with van der Waals surface area (Å²) in [4.78, 5) is 33.4. The monoisotopic (exact) mass is 405 g/mol. The number of carbonyl (C=O) groups excluding carboxylic acids is 1. The van der Waals surface area contributed by atoms with Crippen molar-refractivity contribution in [2.45, 2.75) is 19.0 Å². The highest BCUT2D eigenvalue weighted by Gasteiger charge is 2.36. The fourth-order valence-corrected chi connectivity index (χ4v) is 4.07. The van der Waals surface area contributed by atoms with Crippen LogP contribution < -0.4 is 5.76 Å². The molecule has 2 aromatic heterocycles. The largest absolute Gasteiger partial charge is 0.417 e. The zero-order chi connectivity index (χ0) is 20.0. The fraction of sp³-hybridized carbons (Fsp3) is 0.136. The second-order valence-corrected chi connectivity index (χ2v) is 7.49. The molecular weight excluding hydrogens is 390 g/mol. The first-order valence-electron chi connectivity index (χ1n) is 9.20. The summed E-state index contributed by atoms with van der Waals surface area (Å²) in [5.74, 6) is -0.519. The van der Waals surface area contributed by atoms with E-state index in [9.17, 15) is 9.59 Å². The van der Waals surface area contributed by atoms with Crippen LogP contribution in [0.2, 0.25) is 5.02 Å². The number of pyridine rings is 1. The summed E-state index contributed by atoms with van der Waals surface area (Å²) in [5.41, 5.74) is 4.50. The second kappa shape index (κ2) is 6.90. The molecule has 0 aliphatic carbocycles. The number of hydrogen-bond acceptors (Lipinski definition) is 4. The number of benzene rings is 2. The maximum atomic E-state index is 13.1. The lowest BCUT2D eigenvalue weighted by Gasteiger charge is -2.25. The lowest BCUT2D eigenvalue weighted by molar-refractivity contribution is 0.0708. The van der Waals surface area contributed by atoms with Crippen LogP contribution >= 0.6 is 11.6 Å². The van der Waals surface area contributed by atoms with Gasteiger partial charge >= 0.3 is 5.76 Å². The molecule has 1 unspecified atom stereocenters. The lowest BCUT2D eigenvalue weighted by Crippen LogP contribution is -2.29. The van der Waals surface area contributed by atoms with Crippen molar-refractivity contribution in [1.82, 2.24) is 14.9 Å². The number of amides is 1. The van der Waals surface area contributed by atoms with E-state index in [4.69, 9.17) is 16.0 Å². The van der Waals surface area contributed by atoms with Crippen LogP contribution in [-0.2, 0) is 13.0 Å². The van der Waals surface area contributed by atoms with Crippen molar-refractivity contribution in [3.63, 3.8) is 0 Å². The third-order valence-corrected chi connectivity index (χ3v) is 5.44. The molecule has 3 heterocycles. The van der Waals surface area contributed by atoms with Crippen LogP contribution in [0, 0.1) is 0 Å². The molecule has 0 fully saturated rings. The molecule has 6 nitrogen and oxygen atoms in total. The fourth-order valence-electron chi connectivity index (χ4n) is 3.89. The summed E-state index contributed by atoms with van der Waals surface area (Å²) in [6.45, 7) is 0.392. The van der Waals surface area contributed by atoms with E-state index in [2.05, 4.69) is 9.97 Å². The molecule has 7 heteroatoms. The van der Waals surface area contributed by atoms with Crippen LogP contribution in [0.15, 0.2) is 70.0 Å². The van der Waals surface area contributed by atoms with E-state index in [1.165, 1.54) is 0 Å². The molecule has 1 aliphatic heterocycles. The van der Waals surface area contributed by atoms with Crippen molar-refractivity contribution >= 4 is 28.6 Å². The van der Waals surface area contributed by atoms with Crippen molar-refractivity contribution in [2.75, 3.05) is 0 Å². The Bertz CT molecular complexity index is 1290. The summed E-state index contributed by atoms with van der Waals surface area (Å²) in [5, 5.41) is 0.618. The number of hydrogen-bond donors (Lipinski definition) is 1. The average molecular weight is 406 g/mol. The molecule has 0 radical (unpaired) electrons. The molecule has 29 heavy (non-hydrogen) atoms. The summed E-state index contributed by atoms with van der Waals surface area (Å²) in [7, 11) is 0. The highest BCUT2D eigenvalue weighted by atomic mass is 35.5. The first kappa shape index (κ1) is 17.7. The number of carbonyl (C=O) groups is 1. The Morgan fingerprint density at radius 1 is 1.10 bits per heavy atom. The van der Waals surface area contributed by atoms with Gasteiger partial charge in [0, 0.05) is 35.4 Å². The van der Waals surface area contributed by atoms with Crippen molar-refractivity contribution in [3.05, 3.63) is 98.8 Å². The van der Waals surface area contributed by atoms with Crippen molar-refractivity contribution in [3.8, 4) is 0 Å². The molecule has 1 atom stereocenters. The van der Waals surface area contributed by atoms with Gasteiger partial charge in [-0.1, -0.05) is 35.9 Å². The molecule has 0 saturated carbocycles. The van der Waals surface area contributed by atoms with Crippen LogP contribution in [0.25, 0.3) is 11.1 Å². The van der Waals surface area contributed by atoms with E-state index < -0.39 is 5.76 Å². The van der Waals surface area contributed by atoms with Gasteiger partial charge in [-0.2, -0.15) is 0 Å². The molecule has 2 aromatic carbocycles. The summed E-state index contributed by atoms with van der Waals surface area (Å²) in [6.07, 6.45) is 2.23. The van der Waals surface area contributed by atoms with E-state index in [0.717, 1.165) is 16.8 Å². The van der Waals surface area contributed by atoms with E-state index in [1.807, 2.05) is 41.3 Å². The topological polar surface area (TPSA) is 79.2 Å². The van der Waals surface area contributed by atoms with Crippen LogP contribution in [0.5, 0.6) is 0 Å². The van der Waals surface area contributed by atoms with Gasteiger partial charge in [0.25, 0.3) is 5.91 Å². The molecule has 5 rings (SSSR count). The van der Waals surface area contributed by atoms with Crippen LogP contribution in [-0.4, -0.2) is 20.8 Å². The predicted molar refractivity (Wildman–Crippen MR) is 109 cm³/mol. The van der Waals surface area contributed by atoms with Gasteiger partial charge in [0.1, 0.15) is 0 Å². The quantitative estimate of drug-likeness (QED) is 0.554. The Hall–Kier alpha value is -3.38. The lowest BCUT2D eigenvalue weighted by atomic mass is 10.0. The number of fused-ring (bicyclic) bond motifs is 2. The number of aromatic nitrogens is 2. The Labute approximate surface area is 170 Å². The van der Waals surface area contributed by atoms with E-state index in [1.54, 1.807) is 24.4 Å².